The number of aliphatic hydroxyl groups excluding tert-OH is 20. The van der Waals surface area contributed by atoms with Gasteiger partial charge in [-0.05, 0) is 19.3 Å². The highest BCUT2D eigenvalue weighted by molar-refractivity contribution is 5.76. The SMILES string of the molecule is CCCCCCCCCCCCC/C=C/[C@@H](O)[C@H](CO[C@@H]1OC(CO)[C@@H](O[C@@H]2OC(CO)[C@H](O)[C@H](O[C@@H]3OC(CO)[C@@H](O[C@@H]4OC(CO[C@@H]5OC(CO)[C@@H](O)[C@H](O)C5NC(C)=O)[C@H](O)[C@H](O[C@@H]5OC(CO)[C@@H](O[C@@H]6OC(CO)[C@H](O)[C@H](O)C6O)[C@H](O)C5NC(C)=O)C4O)[C@H](O)C3NC(C)=O)C2O)[C@H](O)C1O)NC(=O)CCCCCCCCCCCCCCCCCCC. The maximum Gasteiger partial charge on any atom is 0.220 e. The van der Waals surface area contributed by atoms with E-state index in [9.17, 15) is 121 Å². The fourth-order valence-electron chi connectivity index (χ4n) is 17.2. The highest BCUT2D eigenvalue weighted by atomic mass is 16.8. The minimum Gasteiger partial charge on any atom is -0.394 e. The molecule has 0 spiro atoms. The monoisotopic (exact) mass is 1850 g/mol. The molecule has 0 saturated carbocycles. The van der Waals surface area contributed by atoms with E-state index in [0.29, 0.717) is 12.8 Å². The number of ether oxygens (including phenoxy) is 14. The Kier molecular flexibility index (Phi) is 51.0. The van der Waals surface area contributed by atoms with Crippen LogP contribution in [0.15, 0.2) is 12.2 Å². The van der Waals surface area contributed by atoms with Crippen LogP contribution in [0.5, 0.6) is 0 Å². The smallest absolute Gasteiger partial charge is 0.220 e. The van der Waals surface area contributed by atoms with Crippen LogP contribution < -0.4 is 21.3 Å². The summed E-state index contributed by atoms with van der Waals surface area (Å²) in [7, 11) is 0. The van der Waals surface area contributed by atoms with Gasteiger partial charge < -0.3 is 190 Å². The Morgan fingerprint density at radius 1 is 0.312 bits per heavy atom. The molecule has 0 aromatic carbocycles. The van der Waals surface area contributed by atoms with E-state index in [1.165, 1.54) is 122 Å². The Labute approximate surface area is 748 Å². The molecule has 7 heterocycles. The van der Waals surface area contributed by atoms with Crippen molar-refractivity contribution in [2.45, 2.75) is 454 Å². The van der Waals surface area contributed by atoms with Crippen LogP contribution in [-0.4, -0.2) is 406 Å². The van der Waals surface area contributed by atoms with Crippen LogP contribution in [0.25, 0.3) is 0 Å². The van der Waals surface area contributed by atoms with Crippen molar-refractivity contribution in [1.29, 1.82) is 0 Å². The number of unbranched alkanes of at least 4 members (excludes halogenated alkanes) is 27. The van der Waals surface area contributed by atoms with E-state index in [4.69, 9.17) is 66.3 Å². The molecule has 4 amide bonds. The second-order valence-electron chi connectivity index (χ2n) is 34.9. The summed E-state index contributed by atoms with van der Waals surface area (Å²) in [5.74, 6) is -2.97. The molecule has 42 heteroatoms. The third-order valence-corrected chi connectivity index (χ3v) is 24.7. The van der Waals surface area contributed by atoms with E-state index in [-0.39, 0.29) is 12.3 Å². The second-order valence-corrected chi connectivity index (χ2v) is 34.9. The van der Waals surface area contributed by atoms with Gasteiger partial charge in [-0.1, -0.05) is 193 Å². The first-order chi connectivity index (χ1) is 61.4. The molecule has 0 aromatic heterocycles. The van der Waals surface area contributed by atoms with E-state index >= 15 is 0 Å². The van der Waals surface area contributed by atoms with E-state index < -0.39 is 297 Å². The number of rotatable bonds is 58. The number of hydrogen-bond acceptors (Lipinski definition) is 38. The lowest BCUT2D eigenvalue weighted by atomic mass is 9.93. The molecule has 7 rings (SSSR count). The van der Waals surface area contributed by atoms with Crippen molar-refractivity contribution in [2.75, 3.05) is 52.9 Å². The average Bonchev–Trinajstić information content (AvgIpc) is 0.766. The third kappa shape index (κ3) is 33.3. The topological polar surface area (TPSA) is 650 Å². The highest BCUT2D eigenvalue weighted by Crippen LogP contribution is 2.39. The quantitative estimate of drug-likeness (QED) is 0.0206. The summed E-state index contributed by atoms with van der Waals surface area (Å²) in [5.41, 5.74) is 0. The van der Waals surface area contributed by atoms with Crippen LogP contribution in [-0.2, 0) is 85.5 Å². The van der Waals surface area contributed by atoms with Crippen molar-refractivity contribution in [1.82, 2.24) is 21.3 Å². The number of carbonyl (C=O) groups excluding carboxylic acids is 4. The van der Waals surface area contributed by atoms with Crippen molar-refractivity contribution < 1.29 is 188 Å². The molecule has 7 aliphatic rings. The number of hydrogen-bond donors (Lipinski definition) is 24. The summed E-state index contributed by atoms with van der Waals surface area (Å²) in [4.78, 5) is 52.2. The first-order valence-electron chi connectivity index (χ1n) is 46.5. The highest BCUT2D eigenvalue weighted by Gasteiger charge is 2.59. The number of carbonyl (C=O) groups is 4. The Morgan fingerprint density at radius 2 is 0.625 bits per heavy atom. The molecular formula is C86H154N4O38. The minimum absolute atomic E-state index is 0.155. The van der Waals surface area contributed by atoms with Gasteiger partial charge in [-0.2, -0.15) is 0 Å². The average molecular weight is 1850 g/mol. The molecule has 0 aliphatic carbocycles. The Bertz CT molecular complexity index is 3100. The summed E-state index contributed by atoms with van der Waals surface area (Å²) < 4.78 is 83.8. The maximum atomic E-state index is 13.6. The zero-order valence-corrected chi connectivity index (χ0v) is 74.7. The molecule has 37 atom stereocenters. The van der Waals surface area contributed by atoms with Crippen molar-refractivity contribution in [3.63, 3.8) is 0 Å². The fraction of sp³-hybridized carbons (Fsp3) is 0.930. The summed E-state index contributed by atoms with van der Waals surface area (Å²) in [6, 6.07) is -6.53. The van der Waals surface area contributed by atoms with Crippen LogP contribution in [0.4, 0.5) is 0 Å². The first-order valence-corrected chi connectivity index (χ1v) is 46.5. The van der Waals surface area contributed by atoms with Gasteiger partial charge in [-0.25, -0.2) is 0 Å². The number of nitrogens with one attached hydrogen (secondary N) is 4. The molecule has 0 radical (unpaired) electrons. The lowest BCUT2D eigenvalue weighted by Crippen LogP contribution is -2.71. The summed E-state index contributed by atoms with van der Waals surface area (Å²) in [5, 5.41) is 236. The summed E-state index contributed by atoms with van der Waals surface area (Å²) in [6.45, 7) is -0.113. The van der Waals surface area contributed by atoms with Gasteiger partial charge >= 0.3 is 0 Å². The molecule has 24 N–H and O–H groups in total. The second kappa shape index (κ2) is 58.6. The normalized spacial score (nSPS) is 37.6. The molecule has 7 saturated heterocycles. The lowest BCUT2D eigenvalue weighted by molar-refractivity contribution is -0.389. The van der Waals surface area contributed by atoms with E-state index in [1.54, 1.807) is 6.08 Å². The maximum absolute atomic E-state index is 13.6. The molecule has 14 unspecified atom stereocenters. The van der Waals surface area contributed by atoms with Gasteiger partial charge in [0, 0.05) is 27.2 Å². The van der Waals surface area contributed by atoms with Crippen molar-refractivity contribution >= 4 is 23.6 Å². The number of amides is 4. The van der Waals surface area contributed by atoms with Gasteiger partial charge in [-0.15, -0.1) is 0 Å². The number of aliphatic hydroxyl groups is 20. The van der Waals surface area contributed by atoms with Gasteiger partial charge in [0.2, 0.25) is 23.6 Å². The Hall–Kier alpha value is -3.74. The van der Waals surface area contributed by atoms with Gasteiger partial charge in [-0.3, -0.25) is 19.2 Å². The zero-order valence-electron chi connectivity index (χ0n) is 74.7. The molecule has 7 aliphatic heterocycles. The molecule has 7 fully saturated rings. The summed E-state index contributed by atoms with van der Waals surface area (Å²) in [6.07, 6.45) is -27.9. The number of allylic oxidation sites excluding steroid dienone is 1. The molecular weight excluding hydrogens is 1700 g/mol. The zero-order chi connectivity index (χ0) is 93.7. The Morgan fingerprint density at radius 3 is 1.03 bits per heavy atom. The first kappa shape index (κ1) is 111. The van der Waals surface area contributed by atoms with E-state index in [2.05, 4.69) is 35.1 Å². The Balaban J connectivity index is 1.04. The predicted molar refractivity (Wildman–Crippen MR) is 447 cm³/mol. The fourth-order valence-corrected chi connectivity index (χ4v) is 17.2. The van der Waals surface area contributed by atoms with Gasteiger partial charge in [0.05, 0.1) is 65.0 Å². The predicted octanol–water partition coefficient (Wildman–Crippen LogP) is -3.68. The van der Waals surface area contributed by atoms with E-state index in [0.717, 1.165) is 72.1 Å². The molecule has 42 nitrogen and oxygen atoms in total. The molecule has 0 bridgehead atoms. The van der Waals surface area contributed by atoms with E-state index in [1.807, 2.05) is 6.08 Å². The van der Waals surface area contributed by atoms with Crippen LogP contribution in [0.3, 0.4) is 0 Å². The van der Waals surface area contributed by atoms with Crippen LogP contribution in [0.1, 0.15) is 227 Å². The van der Waals surface area contributed by atoms with Crippen LogP contribution in [0.2, 0.25) is 0 Å². The minimum atomic E-state index is -2.40. The standard InChI is InChI=1S/C86H154N4O38/c1-6-8-10-12-14-16-18-20-21-22-23-25-27-29-31-33-35-37-58(101)90-49(50(100)36-34-32-30-28-26-24-19-17-15-13-11-9-7-2)44-115-83-72(112)70(110)77(56(43-96)122-83)126-85-73(113)78(64(104)53(40-93)119-85)127-81-61(89-48(5)99)68(108)76(55(42-95)121-81)125-86-74(114)79(65(105)57(123-86)45-116-80-59(87-46(3)97)66(106)62(102)51(38-91)117-80)128-82-60(88-47(4)98)67(107)75(54(41-94)120-82)124-84-71(111)69(109)63(103)52(39-92)118-84/h34,36,49-57,59-86,91-96,100,102-114H,6-33,35,37-45H2,1-5H3,(H,87,97)(H,88,98)(H,89,99)(H,90,101)/b36-34+/t49-,50+,51?,52?,53?,54?,55?,56?,57?,59?,60?,61?,62+,63-,64-,65-,66+,67+,68+,69-,70+,71?,72?,73?,74?,75+,76+,77+,78-,79-,80+,81-,82-,83+,84-,85-,86-/m0/s1. The van der Waals surface area contributed by atoms with Gasteiger partial charge in [0.25, 0.3) is 0 Å². The molecule has 128 heavy (non-hydrogen) atoms. The molecule has 746 valence electrons. The lowest BCUT2D eigenvalue weighted by Gasteiger charge is -2.51. The van der Waals surface area contributed by atoms with Crippen molar-refractivity contribution in [3.05, 3.63) is 12.2 Å². The third-order valence-electron chi connectivity index (χ3n) is 24.7. The largest absolute Gasteiger partial charge is 0.394 e. The van der Waals surface area contributed by atoms with Gasteiger partial charge in [0.15, 0.2) is 44.0 Å². The van der Waals surface area contributed by atoms with Gasteiger partial charge in [0.1, 0.15) is 171 Å². The van der Waals surface area contributed by atoms with Crippen LogP contribution >= 0.6 is 0 Å². The van der Waals surface area contributed by atoms with Crippen molar-refractivity contribution in [2.24, 2.45) is 0 Å². The van der Waals surface area contributed by atoms with Crippen LogP contribution in [0, 0.1) is 0 Å². The molecule has 0 aromatic rings. The summed E-state index contributed by atoms with van der Waals surface area (Å²) >= 11 is 0. The van der Waals surface area contributed by atoms with Crippen molar-refractivity contribution in [3.8, 4) is 0 Å².